The van der Waals surface area contributed by atoms with Crippen molar-refractivity contribution in [3.8, 4) is 17.2 Å². The van der Waals surface area contributed by atoms with Gasteiger partial charge < -0.3 is 24.1 Å². The maximum atomic E-state index is 14.2. The first-order valence-corrected chi connectivity index (χ1v) is 17.2. The number of nitrogens with zero attached hydrogens (tertiary/aromatic N) is 4. The van der Waals surface area contributed by atoms with Crippen molar-refractivity contribution in [2.75, 3.05) is 13.1 Å². The van der Waals surface area contributed by atoms with E-state index in [1.54, 1.807) is 18.3 Å². The van der Waals surface area contributed by atoms with Gasteiger partial charge in [0.2, 0.25) is 10.9 Å². The third-order valence-corrected chi connectivity index (χ3v) is 10.6. The van der Waals surface area contributed by atoms with Crippen LogP contribution in [0.2, 0.25) is 0 Å². The number of hydrogen-bond donors (Lipinski definition) is 2. The number of benzene rings is 3. The average molecular weight is 675 g/mol. The lowest BCUT2D eigenvalue weighted by Crippen LogP contribution is -2.40. The summed E-state index contributed by atoms with van der Waals surface area (Å²) in [5.41, 5.74) is 5.43. The van der Waals surface area contributed by atoms with Crippen molar-refractivity contribution in [2.45, 2.75) is 63.6 Å². The molecule has 2 aromatic heterocycles. The lowest BCUT2D eigenvalue weighted by Gasteiger charge is -2.41. The molecule has 0 saturated heterocycles. The lowest BCUT2D eigenvalue weighted by molar-refractivity contribution is 0.0717. The smallest absolute Gasteiger partial charge is 0.223 e. The summed E-state index contributed by atoms with van der Waals surface area (Å²) in [6, 6.07) is 27.2. The van der Waals surface area contributed by atoms with Gasteiger partial charge in [0, 0.05) is 92.4 Å². The number of ether oxygens (including phenoxy) is 1. The second-order valence-electron chi connectivity index (χ2n) is 13.5. The maximum Gasteiger partial charge on any atom is 0.223 e. The summed E-state index contributed by atoms with van der Waals surface area (Å²) in [7, 11) is 0. The van der Waals surface area contributed by atoms with Gasteiger partial charge >= 0.3 is 0 Å². The number of rotatable bonds is 3. The quantitative estimate of drug-likeness (QED) is 0.249. The van der Waals surface area contributed by atoms with Gasteiger partial charge in [-0.1, -0.05) is 60.7 Å². The van der Waals surface area contributed by atoms with Gasteiger partial charge in [-0.3, -0.25) is 19.4 Å². The molecule has 9 rings (SSSR count). The molecule has 0 fully saturated rings. The summed E-state index contributed by atoms with van der Waals surface area (Å²) in [6.45, 7) is 4.37. The minimum absolute atomic E-state index is 0.00466. The monoisotopic (exact) mass is 674 g/mol. The van der Waals surface area contributed by atoms with Gasteiger partial charge in [0.05, 0.1) is 12.4 Å². The van der Waals surface area contributed by atoms with Gasteiger partial charge in [0.25, 0.3) is 0 Å². The van der Waals surface area contributed by atoms with Crippen molar-refractivity contribution in [3.05, 3.63) is 157 Å². The highest BCUT2D eigenvalue weighted by Crippen LogP contribution is 2.44. The predicted octanol–water partition coefficient (Wildman–Crippen LogP) is 5.83. The van der Waals surface area contributed by atoms with Gasteiger partial charge in [-0.25, -0.2) is 4.39 Å². The molecule has 3 unspecified atom stereocenters. The summed E-state index contributed by atoms with van der Waals surface area (Å²) < 4.78 is 24.4. The minimum Gasteiger partial charge on any atom is -0.503 e. The zero-order chi connectivity index (χ0) is 34.4. The Morgan fingerprint density at radius 1 is 0.700 bits per heavy atom. The summed E-state index contributed by atoms with van der Waals surface area (Å²) in [5.74, 6) is 0.405. The van der Waals surface area contributed by atoms with Gasteiger partial charge in [0.15, 0.2) is 11.5 Å². The highest BCUT2D eigenvalue weighted by Gasteiger charge is 2.35. The molecular formula is C40H39FN4O5. The molecule has 0 bridgehead atoms. The van der Waals surface area contributed by atoms with E-state index in [1.165, 1.54) is 29.5 Å². The van der Waals surface area contributed by atoms with Crippen LogP contribution >= 0.6 is 0 Å². The van der Waals surface area contributed by atoms with E-state index in [9.17, 15) is 24.2 Å². The zero-order valence-electron chi connectivity index (χ0n) is 27.6. The Labute approximate surface area is 289 Å². The molecule has 2 N–H and O–H groups in total. The fourth-order valence-electron chi connectivity index (χ4n) is 8.06. The summed E-state index contributed by atoms with van der Waals surface area (Å²) in [6.07, 6.45) is 5.74. The summed E-state index contributed by atoms with van der Waals surface area (Å²) in [4.78, 5) is 28.2. The Morgan fingerprint density at radius 3 is 2.00 bits per heavy atom. The number of pyridine rings is 2. The van der Waals surface area contributed by atoms with Crippen LogP contribution in [-0.2, 0) is 32.6 Å². The van der Waals surface area contributed by atoms with E-state index >= 15 is 0 Å². The Bertz CT molecular complexity index is 2170. The minimum atomic E-state index is -0.355. The van der Waals surface area contributed by atoms with Crippen LogP contribution in [0, 0.1) is 5.82 Å². The van der Waals surface area contributed by atoms with Crippen molar-refractivity contribution in [1.82, 2.24) is 18.9 Å². The van der Waals surface area contributed by atoms with E-state index < -0.39 is 0 Å². The van der Waals surface area contributed by atoms with Gasteiger partial charge in [-0.05, 0) is 36.1 Å². The fourth-order valence-corrected chi connectivity index (χ4v) is 8.06. The Morgan fingerprint density at radius 2 is 1.32 bits per heavy atom. The van der Waals surface area contributed by atoms with Crippen molar-refractivity contribution < 1.29 is 19.3 Å². The third kappa shape index (κ3) is 6.09. The predicted molar refractivity (Wildman–Crippen MR) is 187 cm³/mol. The summed E-state index contributed by atoms with van der Waals surface area (Å²) in [5, 5.41) is 19.2. The van der Waals surface area contributed by atoms with E-state index in [-0.39, 0.29) is 46.4 Å². The molecule has 256 valence electrons. The molecule has 0 amide bonds. The number of para-hydroxylation sites is 1. The molecule has 10 heteroatoms. The first-order valence-electron chi connectivity index (χ1n) is 17.2. The van der Waals surface area contributed by atoms with Crippen molar-refractivity contribution in [2.24, 2.45) is 0 Å². The van der Waals surface area contributed by atoms with Crippen LogP contribution in [0.15, 0.2) is 107 Å². The number of halogens is 1. The first-order chi connectivity index (χ1) is 24.3. The van der Waals surface area contributed by atoms with Crippen LogP contribution in [0.3, 0.4) is 0 Å². The van der Waals surface area contributed by atoms with Gasteiger partial charge in [0.1, 0.15) is 17.7 Å². The molecule has 9 nitrogen and oxygen atoms in total. The maximum absolute atomic E-state index is 14.2. The van der Waals surface area contributed by atoms with Crippen LogP contribution in [0.1, 0.15) is 64.7 Å². The number of hydrogen-bond acceptors (Lipinski definition) is 7. The van der Waals surface area contributed by atoms with Crippen LogP contribution in [-0.4, -0.2) is 42.2 Å². The standard InChI is InChI=1S/C23H22N2O3.C17H17FN2O2/c26-20-12-17-14-25(11-10-24(17)15-21(20)27)19-13-23(16-6-2-1-3-7-16)28-22-9-5-4-8-18(19)22;18-13-3-1-2-11-4-5-14(17(11)13)20-7-6-19-10-16(22)15(21)8-12(19)9-20/h1-9,12,15,19,23,27H,10-11,13-14H2;1-3,8,10,14,22H,4-7,9H2. The lowest BCUT2D eigenvalue weighted by atomic mass is 9.91. The second-order valence-corrected chi connectivity index (χ2v) is 13.5. The van der Waals surface area contributed by atoms with E-state index in [0.29, 0.717) is 19.6 Å². The van der Waals surface area contributed by atoms with E-state index in [4.69, 9.17) is 4.74 Å². The average Bonchev–Trinajstić information content (AvgIpc) is 3.58. The van der Waals surface area contributed by atoms with Crippen molar-refractivity contribution in [1.29, 1.82) is 0 Å². The van der Waals surface area contributed by atoms with E-state index in [1.807, 2.05) is 45.5 Å². The van der Waals surface area contributed by atoms with Crippen LogP contribution in [0.25, 0.3) is 0 Å². The first kappa shape index (κ1) is 32.0. The topological polar surface area (TPSA) is 100 Å². The molecule has 5 heterocycles. The summed E-state index contributed by atoms with van der Waals surface area (Å²) >= 11 is 0. The molecule has 0 spiro atoms. The van der Waals surface area contributed by atoms with Crippen LogP contribution in [0.5, 0.6) is 17.2 Å². The normalized spacial score (nSPS) is 21.1. The van der Waals surface area contributed by atoms with Crippen molar-refractivity contribution >= 4 is 0 Å². The van der Waals surface area contributed by atoms with Gasteiger partial charge in [-0.2, -0.15) is 0 Å². The third-order valence-electron chi connectivity index (χ3n) is 10.6. The molecule has 50 heavy (non-hydrogen) atoms. The Balaban J connectivity index is 0.000000149. The van der Waals surface area contributed by atoms with Crippen LogP contribution in [0.4, 0.5) is 4.39 Å². The van der Waals surface area contributed by atoms with Crippen molar-refractivity contribution in [3.63, 3.8) is 0 Å². The SMILES string of the molecule is O=c1cc2n(cc1O)CCN(C1CC(c3ccccc3)Oc3ccccc31)C2.O=c1cc2n(cc1O)CCN(C1CCc3cccc(F)c31)C2. The highest BCUT2D eigenvalue weighted by atomic mass is 19.1. The van der Waals surface area contributed by atoms with E-state index in [2.05, 4.69) is 34.1 Å². The number of aromatic hydroxyl groups is 2. The fraction of sp³-hybridized carbons (Fsp3) is 0.300. The Hall–Kier alpha value is -5.19. The molecule has 3 aliphatic heterocycles. The van der Waals surface area contributed by atoms with Crippen LogP contribution < -0.4 is 15.6 Å². The number of aryl methyl sites for hydroxylation is 1. The number of aromatic nitrogens is 2. The molecule has 0 saturated carbocycles. The Kier molecular flexibility index (Phi) is 8.50. The molecule has 4 aliphatic rings. The highest BCUT2D eigenvalue weighted by molar-refractivity contribution is 5.40. The van der Waals surface area contributed by atoms with Gasteiger partial charge in [-0.15, -0.1) is 0 Å². The second kappa shape index (κ2) is 13.3. The molecule has 3 aromatic carbocycles. The molecule has 5 aromatic rings. The molecule has 0 radical (unpaired) electrons. The molecule has 3 atom stereocenters. The zero-order valence-corrected chi connectivity index (χ0v) is 27.6. The van der Waals surface area contributed by atoms with E-state index in [0.717, 1.165) is 67.2 Å². The molecular weight excluding hydrogens is 635 g/mol. The number of fused-ring (bicyclic) bond motifs is 4. The molecule has 1 aliphatic carbocycles. The largest absolute Gasteiger partial charge is 0.503 e.